The van der Waals surface area contributed by atoms with Crippen LogP contribution in [0, 0.1) is 0 Å². The van der Waals surface area contributed by atoms with Gasteiger partial charge in [-0.3, -0.25) is 14.5 Å². The van der Waals surface area contributed by atoms with Crippen molar-refractivity contribution in [2.24, 2.45) is 0 Å². The van der Waals surface area contributed by atoms with Crippen LogP contribution >= 0.6 is 12.4 Å². The Morgan fingerprint density at radius 1 is 0.912 bits per heavy atom. The number of amides is 1. The number of ether oxygens (including phenoxy) is 1. The highest BCUT2D eigenvalue weighted by atomic mass is 35.5. The van der Waals surface area contributed by atoms with E-state index in [4.69, 9.17) is 4.74 Å². The molecule has 5 rings (SSSR count). The molecule has 1 heterocycles. The summed E-state index contributed by atoms with van der Waals surface area (Å²) in [6.07, 6.45) is 1.09. The average molecular weight is 475 g/mol. The third-order valence-electron chi connectivity index (χ3n) is 6.53. The number of allylic oxidation sites excluding steroid dienone is 1. The molecular formula is C28H27ClN2O3. The lowest BCUT2D eigenvalue weighted by molar-refractivity contribution is -0.117. The molecule has 174 valence electrons. The third-order valence-corrected chi connectivity index (χ3v) is 6.53. The van der Waals surface area contributed by atoms with Crippen molar-refractivity contribution in [3.63, 3.8) is 0 Å². The molecule has 5 nitrogen and oxygen atoms in total. The number of Topliss-reactive ketones (excluding diaryl/α,β-unsaturated/α-hetero) is 1. The Labute approximate surface area is 205 Å². The number of methoxy groups -OCH3 is 1. The van der Waals surface area contributed by atoms with E-state index in [0.29, 0.717) is 18.4 Å². The number of rotatable bonds is 3. The minimum Gasteiger partial charge on any atom is -0.497 e. The van der Waals surface area contributed by atoms with E-state index in [1.807, 2.05) is 78.9 Å². The van der Waals surface area contributed by atoms with Crippen molar-refractivity contribution < 1.29 is 14.3 Å². The van der Waals surface area contributed by atoms with Gasteiger partial charge in [-0.1, -0.05) is 54.6 Å². The quantitative estimate of drug-likeness (QED) is 0.503. The molecule has 1 amide bonds. The van der Waals surface area contributed by atoms with Crippen LogP contribution in [0.2, 0.25) is 0 Å². The number of ketones is 1. The second kappa shape index (κ2) is 9.74. The SMILES string of the molecule is COc1ccc(C2CC(=O)C3=C(C2)Nc2ccccc2N(C(C)=O)C3c2ccccc2)cc1.Cl. The Kier molecular flexibility index (Phi) is 6.75. The number of hydrogen-bond donors (Lipinski definition) is 1. The predicted octanol–water partition coefficient (Wildman–Crippen LogP) is 6.04. The normalized spacial score (nSPS) is 19.2. The maximum atomic E-state index is 13.7. The molecule has 0 saturated heterocycles. The van der Waals surface area contributed by atoms with Crippen molar-refractivity contribution in [3.8, 4) is 5.75 Å². The van der Waals surface area contributed by atoms with Gasteiger partial charge in [0.1, 0.15) is 5.75 Å². The van der Waals surface area contributed by atoms with Crippen molar-refractivity contribution in [3.05, 3.63) is 101 Å². The number of hydrogen-bond acceptors (Lipinski definition) is 4. The summed E-state index contributed by atoms with van der Waals surface area (Å²) in [5.74, 6) is 0.820. The van der Waals surface area contributed by atoms with Crippen molar-refractivity contribution >= 4 is 35.5 Å². The Bertz CT molecular complexity index is 1240. The Morgan fingerprint density at radius 2 is 1.59 bits per heavy atom. The van der Waals surface area contributed by atoms with Crippen LogP contribution in [0.4, 0.5) is 11.4 Å². The van der Waals surface area contributed by atoms with E-state index in [1.165, 1.54) is 0 Å². The number of nitrogens with one attached hydrogen (secondary N) is 1. The largest absolute Gasteiger partial charge is 0.497 e. The molecule has 2 aliphatic rings. The lowest BCUT2D eigenvalue weighted by Gasteiger charge is -2.34. The maximum Gasteiger partial charge on any atom is 0.224 e. The molecule has 2 unspecified atom stereocenters. The number of carbonyl (C=O) groups excluding carboxylic acids is 2. The Morgan fingerprint density at radius 3 is 2.26 bits per heavy atom. The summed E-state index contributed by atoms with van der Waals surface area (Å²) in [4.78, 5) is 28.5. The van der Waals surface area contributed by atoms with E-state index in [2.05, 4.69) is 5.32 Å². The molecule has 34 heavy (non-hydrogen) atoms. The van der Waals surface area contributed by atoms with Crippen molar-refractivity contribution in [1.82, 2.24) is 0 Å². The summed E-state index contributed by atoms with van der Waals surface area (Å²) in [7, 11) is 1.65. The van der Waals surface area contributed by atoms with E-state index < -0.39 is 6.04 Å². The van der Waals surface area contributed by atoms with E-state index in [0.717, 1.165) is 33.9 Å². The molecule has 0 radical (unpaired) electrons. The van der Waals surface area contributed by atoms with Crippen molar-refractivity contribution in [2.75, 3.05) is 17.3 Å². The smallest absolute Gasteiger partial charge is 0.224 e. The number of nitrogens with zero attached hydrogens (tertiary/aromatic N) is 1. The highest BCUT2D eigenvalue weighted by Gasteiger charge is 2.40. The number of benzene rings is 3. The number of anilines is 2. The Hall–Kier alpha value is -3.57. The second-order valence-corrected chi connectivity index (χ2v) is 8.54. The zero-order valence-corrected chi connectivity index (χ0v) is 20.0. The fourth-order valence-electron chi connectivity index (χ4n) is 5.00. The number of fused-ring (bicyclic) bond motifs is 1. The Balaban J connectivity index is 0.00000274. The fourth-order valence-corrected chi connectivity index (χ4v) is 5.00. The van der Waals surface area contributed by atoms with Crippen LogP contribution in [0.25, 0.3) is 0 Å². The highest BCUT2D eigenvalue weighted by Crippen LogP contribution is 2.47. The van der Waals surface area contributed by atoms with Gasteiger partial charge in [0.05, 0.1) is 24.5 Å². The first-order valence-electron chi connectivity index (χ1n) is 11.2. The summed E-state index contributed by atoms with van der Waals surface area (Å²) in [5.41, 5.74) is 5.21. The van der Waals surface area contributed by atoms with E-state index in [9.17, 15) is 9.59 Å². The van der Waals surface area contributed by atoms with E-state index in [-0.39, 0.29) is 30.0 Å². The van der Waals surface area contributed by atoms with Gasteiger partial charge >= 0.3 is 0 Å². The molecular weight excluding hydrogens is 448 g/mol. The lowest BCUT2D eigenvalue weighted by Crippen LogP contribution is -2.37. The first-order chi connectivity index (χ1) is 16.1. The summed E-state index contributed by atoms with van der Waals surface area (Å²) in [6, 6.07) is 25.0. The van der Waals surface area contributed by atoms with Crippen LogP contribution in [-0.2, 0) is 9.59 Å². The molecule has 1 aliphatic carbocycles. The van der Waals surface area contributed by atoms with Gasteiger partial charge in [0, 0.05) is 24.6 Å². The number of halogens is 1. The van der Waals surface area contributed by atoms with E-state index in [1.54, 1.807) is 18.9 Å². The minimum atomic E-state index is -0.473. The van der Waals surface area contributed by atoms with Gasteiger partial charge in [-0.25, -0.2) is 0 Å². The zero-order chi connectivity index (χ0) is 22.9. The summed E-state index contributed by atoms with van der Waals surface area (Å²) >= 11 is 0. The molecule has 1 aliphatic heterocycles. The van der Waals surface area contributed by atoms with Crippen molar-refractivity contribution in [1.29, 1.82) is 0 Å². The molecule has 0 aromatic heterocycles. The van der Waals surface area contributed by atoms with E-state index >= 15 is 0 Å². The summed E-state index contributed by atoms with van der Waals surface area (Å²) in [5, 5.41) is 3.54. The van der Waals surface area contributed by atoms with Gasteiger partial charge in [0.25, 0.3) is 0 Å². The summed E-state index contributed by atoms with van der Waals surface area (Å²) in [6.45, 7) is 1.56. The summed E-state index contributed by atoms with van der Waals surface area (Å²) < 4.78 is 5.29. The highest BCUT2D eigenvalue weighted by molar-refractivity contribution is 6.06. The molecule has 0 bridgehead atoms. The van der Waals surface area contributed by atoms with Crippen LogP contribution in [0.3, 0.4) is 0 Å². The van der Waals surface area contributed by atoms with Gasteiger partial charge in [0.15, 0.2) is 5.78 Å². The van der Waals surface area contributed by atoms with Crippen LogP contribution in [0.1, 0.15) is 42.9 Å². The first-order valence-corrected chi connectivity index (χ1v) is 11.2. The molecule has 0 spiro atoms. The van der Waals surface area contributed by atoms with Crippen LogP contribution in [0.15, 0.2) is 90.1 Å². The molecule has 2 atom stereocenters. The van der Waals surface area contributed by atoms with Gasteiger partial charge < -0.3 is 10.1 Å². The number of para-hydroxylation sites is 2. The second-order valence-electron chi connectivity index (χ2n) is 8.54. The van der Waals surface area contributed by atoms with Gasteiger partial charge in [-0.15, -0.1) is 12.4 Å². The molecule has 0 fully saturated rings. The molecule has 0 saturated carbocycles. The van der Waals surface area contributed by atoms with Gasteiger partial charge in [-0.05, 0) is 47.7 Å². The van der Waals surface area contributed by atoms with Crippen LogP contribution < -0.4 is 15.0 Å². The number of carbonyl (C=O) groups is 2. The molecule has 6 heteroatoms. The zero-order valence-electron chi connectivity index (χ0n) is 19.2. The molecule has 3 aromatic carbocycles. The maximum absolute atomic E-state index is 13.7. The monoisotopic (exact) mass is 474 g/mol. The molecule has 1 N–H and O–H groups in total. The van der Waals surface area contributed by atoms with Crippen molar-refractivity contribution in [2.45, 2.75) is 31.7 Å². The first kappa shape index (κ1) is 23.6. The average Bonchev–Trinajstić information content (AvgIpc) is 2.99. The fraction of sp³-hybridized carbons (Fsp3) is 0.214. The molecule has 3 aromatic rings. The topological polar surface area (TPSA) is 58.6 Å². The van der Waals surface area contributed by atoms with Crippen LogP contribution in [0.5, 0.6) is 5.75 Å². The van der Waals surface area contributed by atoms with Gasteiger partial charge in [-0.2, -0.15) is 0 Å². The van der Waals surface area contributed by atoms with Gasteiger partial charge in [0.2, 0.25) is 5.91 Å². The third kappa shape index (κ3) is 4.19. The predicted molar refractivity (Wildman–Crippen MR) is 137 cm³/mol. The minimum absolute atomic E-state index is 0. The lowest BCUT2D eigenvalue weighted by atomic mass is 9.78. The standard InChI is InChI=1S/C28H26N2O3.ClH/c1-18(31)30-25-11-7-6-10-23(25)29-24-16-21(19-12-14-22(33-2)15-13-19)17-26(32)27(24)28(30)20-8-4-3-5-9-20;/h3-15,21,28-29H,16-17H2,1-2H3;1H. The van der Waals surface area contributed by atoms with Crippen LogP contribution in [-0.4, -0.2) is 18.8 Å².